The van der Waals surface area contributed by atoms with E-state index in [1.807, 2.05) is 0 Å². The molecule has 0 fully saturated rings. The molecule has 0 aliphatic carbocycles. The lowest BCUT2D eigenvalue weighted by molar-refractivity contribution is -0.118. The van der Waals surface area contributed by atoms with Crippen molar-refractivity contribution in [2.24, 2.45) is 0 Å². The lowest BCUT2D eigenvalue weighted by Gasteiger charge is -2.23. The van der Waals surface area contributed by atoms with E-state index in [-0.39, 0.29) is 6.29 Å². The second kappa shape index (κ2) is 5.66. The lowest BCUT2D eigenvalue weighted by atomic mass is 10.1. The summed E-state index contributed by atoms with van der Waals surface area (Å²) in [5.41, 5.74) is 0. The summed E-state index contributed by atoms with van der Waals surface area (Å²) in [6.45, 7) is 0. The van der Waals surface area contributed by atoms with E-state index < -0.39 is 38.2 Å². The molecular weight excluding hydrogens is 231 g/mol. The molecule has 6 N–H and O–H groups in total. The number of hydrogen-bond donors (Lipinski definition) is 6. The number of carbonyl (C=O) groups excluding carboxylic acids is 1. The summed E-state index contributed by atoms with van der Waals surface area (Å²) in [7, 11) is -4.94. The van der Waals surface area contributed by atoms with E-state index in [2.05, 4.69) is 0 Å². The van der Waals surface area contributed by atoms with Gasteiger partial charge in [0.25, 0.3) is 0 Å². The van der Waals surface area contributed by atoms with Gasteiger partial charge in [0, 0.05) is 6.42 Å². The van der Waals surface area contributed by atoms with Gasteiger partial charge >= 0.3 is 7.60 Å². The number of aldehydes is 1. The molecule has 0 heterocycles. The monoisotopic (exact) mass is 244 g/mol. The van der Waals surface area contributed by atoms with Crippen molar-refractivity contribution in [3.05, 3.63) is 0 Å². The van der Waals surface area contributed by atoms with Crippen LogP contribution in [0.25, 0.3) is 0 Å². The second-order valence-electron chi connectivity index (χ2n) is 3.00. The Morgan fingerprint density at radius 3 is 1.93 bits per heavy atom. The Morgan fingerprint density at radius 1 is 1.13 bits per heavy atom. The van der Waals surface area contributed by atoms with E-state index in [0.717, 1.165) is 0 Å². The third-order valence-electron chi connectivity index (χ3n) is 1.68. The minimum Gasteiger partial charge on any atom is -0.390 e. The van der Waals surface area contributed by atoms with Crippen LogP contribution in [-0.2, 0) is 9.36 Å². The van der Waals surface area contributed by atoms with Gasteiger partial charge in [-0.05, 0) is 0 Å². The largest absolute Gasteiger partial charge is 0.390 e. The van der Waals surface area contributed by atoms with Gasteiger partial charge in [-0.1, -0.05) is 0 Å². The van der Waals surface area contributed by atoms with Crippen molar-refractivity contribution in [3.8, 4) is 0 Å². The number of hydrogen-bond acceptors (Lipinski definition) is 6. The molecule has 8 nitrogen and oxygen atoms in total. The minimum absolute atomic E-state index is 0.0831. The zero-order chi connectivity index (χ0) is 12.2. The fourth-order valence-electron chi connectivity index (χ4n) is 0.840. The molecular formula is C6H13O8P. The third kappa shape index (κ3) is 4.80. The van der Waals surface area contributed by atoms with Gasteiger partial charge in [0.15, 0.2) is 5.85 Å². The molecule has 15 heavy (non-hydrogen) atoms. The minimum atomic E-state index is -4.94. The van der Waals surface area contributed by atoms with Gasteiger partial charge in [-0.3, -0.25) is 4.57 Å². The van der Waals surface area contributed by atoms with Crippen LogP contribution in [0.1, 0.15) is 6.42 Å². The molecule has 9 heteroatoms. The Hall–Kier alpha value is -0.340. The normalized spacial score (nSPS) is 20.4. The van der Waals surface area contributed by atoms with E-state index in [9.17, 15) is 9.36 Å². The predicted molar refractivity (Wildman–Crippen MR) is 46.8 cm³/mol. The lowest BCUT2D eigenvalue weighted by Crippen LogP contribution is -2.39. The van der Waals surface area contributed by atoms with Crippen LogP contribution in [0, 0.1) is 0 Å². The van der Waals surface area contributed by atoms with Crippen molar-refractivity contribution < 1.29 is 39.6 Å². The van der Waals surface area contributed by atoms with Crippen LogP contribution in [0.3, 0.4) is 0 Å². The zero-order valence-electron chi connectivity index (χ0n) is 7.54. The number of aliphatic hydroxyl groups is 4. The highest BCUT2D eigenvalue weighted by molar-refractivity contribution is 7.52. The maximum absolute atomic E-state index is 10.5. The van der Waals surface area contributed by atoms with E-state index in [0.29, 0.717) is 0 Å². The Morgan fingerprint density at radius 2 is 1.60 bits per heavy atom. The van der Waals surface area contributed by atoms with Gasteiger partial charge in [0.05, 0.1) is 6.10 Å². The van der Waals surface area contributed by atoms with Crippen molar-refractivity contribution in [1.82, 2.24) is 0 Å². The summed E-state index contributed by atoms with van der Waals surface area (Å²) in [6.07, 6.45) is -6.06. The summed E-state index contributed by atoms with van der Waals surface area (Å²) < 4.78 is 10.5. The van der Waals surface area contributed by atoms with Gasteiger partial charge < -0.3 is 35.0 Å². The first kappa shape index (κ1) is 14.7. The van der Waals surface area contributed by atoms with Crippen LogP contribution >= 0.6 is 7.60 Å². The molecule has 0 aromatic carbocycles. The molecule has 0 bridgehead atoms. The van der Waals surface area contributed by atoms with Crippen LogP contribution in [0.15, 0.2) is 0 Å². The average molecular weight is 244 g/mol. The fourth-order valence-corrected chi connectivity index (χ4v) is 1.44. The first-order valence-electron chi connectivity index (χ1n) is 3.93. The second-order valence-corrected chi connectivity index (χ2v) is 4.71. The van der Waals surface area contributed by atoms with Crippen LogP contribution in [0.4, 0.5) is 0 Å². The van der Waals surface area contributed by atoms with Gasteiger partial charge in [0.1, 0.15) is 18.5 Å². The Balaban J connectivity index is 4.38. The van der Waals surface area contributed by atoms with Crippen molar-refractivity contribution in [2.75, 3.05) is 0 Å². The molecule has 0 saturated heterocycles. The maximum Gasteiger partial charge on any atom is 0.356 e. The highest BCUT2D eigenvalue weighted by atomic mass is 31.2. The van der Waals surface area contributed by atoms with E-state index in [1.54, 1.807) is 0 Å². The molecule has 1 unspecified atom stereocenters. The SMILES string of the molecule is O=C[C@H](O)C[C@H](O)[C@H](O)C(O)P(=O)(O)O. The Kier molecular flexibility index (Phi) is 5.54. The van der Waals surface area contributed by atoms with Crippen LogP contribution in [0.2, 0.25) is 0 Å². The first-order chi connectivity index (χ1) is 6.70. The van der Waals surface area contributed by atoms with Crippen LogP contribution in [-0.4, -0.2) is 60.7 Å². The summed E-state index contributed by atoms with van der Waals surface area (Å²) >= 11 is 0. The van der Waals surface area contributed by atoms with Gasteiger partial charge in [-0.2, -0.15) is 0 Å². The van der Waals surface area contributed by atoms with Crippen molar-refractivity contribution in [2.45, 2.75) is 30.6 Å². The Bertz CT molecular complexity index is 250. The van der Waals surface area contributed by atoms with E-state index in [4.69, 9.17) is 30.2 Å². The maximum atomic E-state index is 10.5. The molecule has 0 aromatic heterocycles. The van der Waals surface area contributed by atoms with Gasteiger partial charge in [-0.15, -0.1) is 0 Å². The molecule has 0 spiro atoms. The summed E-state index contributed by atoms with van der Waals surface area (Å²) in [6, 6.07) is 0. The first-order valence-corrected chi connectivity index (χ1v) is 5.61. The molecule has 4 atom stereocenters. The third-order valence-corrected chi connectivity index (χ3v) is 2.68. The summed E-state index contributed by atoms with van der Waals surface area (Å²) in [5.74, 6) is -2.45. The quantitative estimate of drug-likeness (QED) is 0.215. The number of aliphatic hydroxyl groups excluding tert-OH is 4. The number of carbonyl (C=O) groups is 1. The Labute approximate surface area is 85.0 Å². The smallest absolute Gasteiger partial charge is 0.356 e. The molecule has 0 aliphatic heterocycles. The average Bonchev–Trinajstić information content (AvgIpc) is 2.13. The molecule has 0 radical (unpaired) electrons. The van der Waals surface area contributed by atoms with Crippen molar-refractivity contribution in [3.63, 3.8) is 0 Å². The predicted octanol–water partition coefficient (Wildman–Crippen LogP) is -2.85. The molecule has 0 rings (SSSR count). The van der Waals surface area contributed by atoms with Crippen LogP contribution in [0.5, 0.6) is 0 Å². The van der Waals surface area contributed by atoms with Gasteiger partial charge in [0.2, 0.25) is 0 Å². The summed E-state index contributed by atoms with van der Waals surface area (Å²) in [4.78, 5) is 26.9. The molecule has 0 aromatic rings. The van der Waals surface area contributed by atoms with E-state index in [1.165, 1.54) is 0 Å². The van der Waals surface area contributed by atoms with Gasteiger partial charge in [-0.25, -0.2) is 0 Å². The molecule has 0 saturated carbocycles. The molecule has 0 amide bonds. The molecule has 0 aliphatic rings. The van der Waals surface area contributed by atoms with E-state index >= 15 is 0 Å². The van der Waals surface area contributed by atoms with Crippen molar-refractivity contribution in [1.29, 1.82) is 0 Å². The molecule has 90 valence electrons. The summed E-state index contributed by atoms with van der Waals surface area (Å²) in [5, 5.41) is 35.7. The zero-order valence-corrected chi connectivity index (χ0v) is 8.44. The highest BCUT2D eigenvalue weighted by Crippen LogP contribution is 2.42. The fraction of sp³-hybridized carbons (Fsp3) is 0.833. The highest BCUT2D eigenvalue weighted by Gasteiger charge is 2.37. The van der Waals surface area contributed by atoms with Crippen LogP contribution < -0.4 is 0 Å². The standard InChI is InChI=1S/C6H13O8P/c7-2-3(8)1-4(9)5(10)6(11)15(12,13)14/h2-6,8-11H,1H2,(H2,12,13,14)/t3-,4+,5+,6?/m1/s1. The topological polar surface area (TPSA) is 156 Å². The number of rotatable bonds is 6. The van der Waals surface area contributed by atoms with Crippen molar-refractivity contribution >= 4 is 13.9 Å².